The van der Waals surface area contributed by atoms with Crippen LogP contribution in [0.15, 0.2) is 47.0 Å². The van der Waals surface area contributed by atoms with Crippen molar-refractivity contribution in [2.24, 2.45) is 0 Å². The lowest BCUT2D eigenvalue weighted by Crippen LogP contribution is -2.19. The second kappa shape index (κ2) is 8.72. The van der Waals surface area contributed by atoms with Crippen LogP contribution in [0.25, 0.3) is 11.4 Å². The summed E-state index contributed by atoms with van der Waals surface area (Å²) in [6.07, 6.45) is -4.42. The molecule has 0 atom stereocenters. The maximum atomic E-state index is 12.4. The van der Waals surface area contributed by atoms with Gasteiger partial charge >= 0.3 is 6.18 Å². The first-order valence-electron chi connectivity index (χ1n) is 8.47. The van der Waals surface area contributed by atoms with Crippen LogP contribution in [0.4, 0.5) is 18.9 Å². The Balaban J connectivity index is 1.69. The van der Waals surface area contributed by atoms with E-state index in [0.717, 1.165) is 0 Å². The Labute approximate surface area is 164 Å². The van der Waals surface area contributed by atoms with Crippen LogP contribution in [0.5, 0.6) is 17.2 Å². The zero-order valence-corrected chi connectivity index (χ0v) is 15.6. The number of methoxy groups -OCH3 is 2. The monoisotopic (exact) mass is 409 g/mol. The zero-order valence-electron chi connectivity index (χ0n) is 15.6. The van der Waals surface area contributed by atoms with Gasteiger partial charge in [-0.25, -0.2) is 0 Å². The number of nitrogens with one attached hydrogen (secondary N) is 1. The lowest BCUT2D eigenvalue weighted by atomic mass is 10.2. The highest BCUT2D eigenvalue weighted by Gasteiger charge is 2.28. The SMILES string of the molecule is COc1ccc(-c2noc(CNc3ccccc3OCC(F)(F)F)n2)cc1OC. The minimum absolute atomic E-state index is 0.0736. The van der Waals surface area contributed by atoms with Gasteiger partial charge in [-0.15, -0.1) is 0 Å². The van der Waals surface area contributed by atoms with Gasteiger partial charge in [-0.1, -0.05) is 17.3 Å². The standard InChI is InChI=1S/C19H18F3N3O4/c1-26-15-8-7-12(9-16(15)27-2)18-24-17(29-25-18)10-23-13-5-3-4-6-14(13)28-11-19(20,21)22/h3-9,23H,10-11H2,1-2H3. The molecule has 1 aromatic heterocycles. The summed E-state index contributed by atoms with van der Waals surface area (Å²) in [5.74, 6) is 1.75. The second-order valence-electron chi connectivity index (χ2n) is 5.84. The summed E-state index contributed by atoms with van der Waals surface area (Å²) in [5, 5.41) is 6.86. The Hall–Kier alpha value is -3.43. The van der Waals surface area contributed by atoms with E-state index in [4.69, 9.17) is 18.7 Å². The number of anilines is 1. The van der Waals surface area contributed by atoms with E-state index < -0.39 is 12.8 Å². The van der Waals surface area contributed by atoms with Gasteiger partial charge in [0.15, 0.2) is 18.1 Å². The molecule has 0 bridgehead atoms. The number of nitrogens with zero attached hydrogens (tertiary/aromatic N) is 2. The molecule has 1 N–H and O–H groups in total. The highest BCUT2D eigenvalue weighted by atomic mass is 19.4. The average Bonchev–Trinajstić information content (AvgIpc) is 3.19. The summed E-state index contributed by atoms with van der Waals surface area (Å²) in [4.78, 5) is 4.28. The second-order valence-corrected chi connectivity index (χ2v) is 5.84. The van der Waals surface area contributed by atoms with E-state index in [1.54, 1.807) is 36.4 Å². The highest BCUT2D eigenvalue weighted by molar-refractivity contribution is 5.61. The molecule has 2 aromatic carbocycles. The smallest absolute Gasteiger partial charge is 0.422 e. The predicted octanol–water partition coefficient (Wildman–Crippen LogP) is 4.31. The number of hydrogen-bond donors (Lipinski definition) is 1. The molecule has 0 saturated heterocycles. The molecule has 3 aromatic rings. The molecule has 0 aliphatic rings. The number of aromatic nitrogens is 2. The van der Waals surface area contributed by atoms with E-state index in [2.05, 4.69) is 15.5 Å². The molecular weight excluding hydrogens is 391 g/mol. The van der Waals surface area contributed by atoms with Crippen molar-refractivity contribution in [1.29, 1.82) is 0 Å². The van der Waals surface area contributed by atoms with Crippen molar-refractivity contribution in [3.05, 3.63) is 48.4 Å². The molecule has 3 rings (SSSR count). The molecule has 7 nitrogen and oxygen atoms in total. The topological polar surface area (TPSA) is 78.6 Å². The number of benzene rings is 2. The van der Waals surface area contributed by atoms with E-state index in [1.165, 1.54) is 20.3 Å². The van der Waals surface area contributed by atoms with Gasteiger partial charge in [-0.3, -0.25) is 0 Å². The van der Waals surface area contributed by atoms with Crippen molar-refractivity contribution in [3.63, 3.8) is 0 Å². The van der Waals surface area contributed by atoms with Crippen LogP contribution in [-0.4, -0.2) is 37.1 Å². The first kappa shape index (κ1) is 20.3. The lowest BCUT2D eigenvalue weighted by Gasteiger charge is -2.13. The Morgan fingerprint density at radius 3 is 2.48 bits per heavy atom. The molecular formula is C19H18F3N3O4. The highest BCUT2D eigenvalue weighted by Crippen LogP contribution is 2.31. The van der Waals surface area contributed by atoms with Crippen LogP contribution in [0.2, 0.25) is 0 Å². The van der Waals surface area contributed by atoms with Gasteiger partial charge in [0.05, 0.1) is 26.5 Å². The van der Waals surface area contributed by atoms with Gasteiger partial charge in [0, 0.05) is 5.56 Å². The number of ether oxygens (including phenoxy) is 3. The third kappa shape index (κ3) is 5.31. The molecule has 0 aliphatic heterocycles. The van der Waals surface area contributed by atoms with E-state index >= 15 is 0 Å². The minimum Gasteiger partial charge on any atom is -0.493 e. The molecule has 0 amide bonds. The first-order chi connectivity index (χ1) is 13.9. The molecule has 10 heteroatoms. The van der Waals surface area contributed by atoms with Crippen molar-refractivity contribution >= 4 is 5.69 Å². The number of hydrogen-bond acceptors (Lipinski definition) is 7. The van der Waals surface area contributed by atoms with Crippen LogP contribution in [-0.2, 0) is 6.54 Å². The molecule has 0 saturated carbocycles. The maximum Gasteiger partial charge on any atom is 0.422 e. The molecule has 29 heavy (non-hydrogen) atoms. The molecule has 0 spiro atoms. The molecule has 1 heterocycles. The van der Waals surface area contributed by atoms with Crippen LogP contribution in [0.3, 0.4) is 0 Å². The Kier molecular flexibility index (Phi) is 6.10. The quantitative estimate of drug-likeness (QED) is 0.594. The summed E-state index contributed by atoms with van der Waals surface area (Å²) in [6.45, 7) is -1.28. The van der Waals surface area contributed by atoms with Gasteiger partial charge < -0.3 is 24.1 Å². The average molecular weight is 409 g/mol. The van der Waals surface area contributed by atoms with Crippen molar-refractivity contribution < 1.29 is 31.9 Å². The fraction of sp³-hybridized carbons (Fsp3) is 0.263. The summed E-state index contributed by atoms with van der Waals surface area (Å²) in [6, 6.07) is 11.5. The van der Waals surface area contributed by atoms with Crippen LogP contribution >= 0.6 is 0 Å². The lowest BCUT2D eigenvalue weighted by molar-refractivity contribution is -0.153. The molecule has 0 fully saturated rings. The number of para-hydroxylation sites is 2. The van der Waals surface area contributed by atoms with E-state index in [9.17, 15) is 13.2 Å². The van der Waals surface area contributed by atoms with Crippen molar-refractivity contribution in [2.45, 2.75) is 12.7 Å². The summed E-state index contributed by atoms with van der Waals surface area (Å²) in [5.41, 5.74) is 1.04. The molecule has 0 unspecified atom stereocenters. The summed E-state index contributed by atoms with van der Waals surface area (Å²) >= 11 is 0. The van der Waals surface area contributed by atoms with E-state index in [-0.39, 0.29) is 18.2 Å². The number of halogens is 3. The maximum absolute atomic E-state index is 12.4. The number of alkyl halides is 3. The van der Waals surface area contributed by atoms with Gasteiger partial charge in [0.1, 0.15) is 5.75 Å². The van der Waals surface area contributed by atoms with E-state index in [0.29, 0.717) is 28.6 Å². The number of rotatable bonds is 8. The Morgan fingerprint density at radius 2 is 1.76 bits per heavy atom. The van der Waals surface area contributed by atoms with Crippen LogP contribution < -0.4 is 19.5 Å². The van der Waals surface area contributed by atoms with Crippen LogP contribution in [0.1, 0.15) is 5.89 Å². The van der Waals surface area contributed by atoms with Crippen LogP contribution in [0, 0.1) is 0 Å². The summed E-state index contributed by atoms with van der Waals surface area (Å²) < 4.78 is 57.7. The van der Waals surface area contributed by atoms with E-state index in [1.807, 2.05) is 0 Å². The van der Waals surface area contributed by atoms with Gasteiger partial charge in [0.25, 0.3) is 0 Å². The molecule has 0 aliphatic carbocycles. The van der Waals surface area contributed by atoms with Gasteiger partial charge in [-0.05, 0) is 30.3 Å². The third-order valence-corrected chi connectivity index (χ3v) is 3.82. The largest absolute Gasteiger partial charge is 0.493 e. The predicted molar refractivity (Wildman–Crippen MR) is 98.2 cm³/mol. The minimum atomic E-state index is -4.42. The molecule has 154 valence electrons. The van der Waals surface area contributed by atoms with Gasteiger partial charge in [-0.2, -0.15) is 18.2 Å². The molecule has 0 radical (unpaired) electrons. The van der Waals surface area contributed by atoms with Gasteiger partial charge in [0.2, 0.25) is 11.7 Å². The normalized spacial score (nSPS) is 11.2. The fourth-order valence-corrected chi connectivity index (χ4v) is 2.49. The van der Waals surface area contributed by atoms with Crippen molar-refractivity contribution in [1.82, 2.24) is 10.1 Å². The fourth-order valence-electron chi connectivity index (χ4n) is 2.49. The zero-order chi connectivity index (χ0) is 20.9. The first-order valence-corrected chi connectivity index (χ1v) is 8.47. The Bertz CT molecular complexity index is 960. The third-order valence-electron chi connectivity index (χ3n) is 3.82. The van der Waals surface area contributed by atoms with Crippen molar-refractivity contribution in [3.8, 4) is 28.6 Å². The van der Waals surface area contributed by atoms with Crippen molar-refractivity contribution in [2.75, 3.05) is 26.1 Å². The Morgan fingerprint density at radius 1 is 1.00 bits per heavy atom. The summed E-state index contributed by atoms with van der Waals surface area (Å²) in [7, 11) is 3.05.